The van der Waals surface area contributed by atoms with E-state index in [9.17, 15) is 8.42 Å². The molecule has 1 aromatic rings. The number of rotatable bonds is 7. The summed E-state index contributed by atoms with van der Waals surface area (Å²) in [4.78, 5) is 0. The highest BCUT2D eigenvalue weighted by molar-refractivity contribution is 7.89. The van der Waals surface area contributed by atoms with Crippen molar-refractivity contribution < 1.29 is 13.2 Å². The van der Waals surface area contributed by atoms with Gasteiger partial charge < -0.3 is 4.74 Å². The Balaban J connectivity index is 1.40. The van der Waals surface area contributed by atoms with Crippen LogP contribution < -0.4 is 4.72 Å². The van der Waals surface area contributed by atoms with Gasteiger partial charge in [-0.25, -0.2) is 13.1 Å². The summed E-state index contributed by atoms with van der Waals surface area (Å²) in [5.74, 6) is 2.87. The molecule has 0 heterocycles. The first-order valence-electron chi connectivity index (χ1n) is 9.57. The number of benzene rings is 1. The molecule has 4 aliphatic carbocycles. The molecular weight excluding hydrogens is 334 g/mol. The molecular formula is C20H29NO3S. The topological polar surface area (TPSA) is 55.4 Å². The zero-order valence-electron chi connectivity index (χ0n) is 15.0. The lowest BCUT2D eigenvalue weighted by Crippen LogP contribution is -2.63. The molecule has 0 aliphatic heterocycles. The van der Waals surface area contributed by atoms with Crippen molar-refractivity contribution in [2.24, 2.45) is 23.7 Å². The first-order valence-corrected chi connectivity index (χ1v) is 11.2. The SMILES string of the molecule is COC1(CNS(=O)(=O)CCc2ccccc2)C2CC3CC(C2)CC1C3. The lowest BCUT2D eigenvalue weighted by molar-refractivity contribution is -0.185. The van der Waals surface area contributed by atoms with Crippen molar-refractivity contribution in [2.75, 3.05) is 19.4 Å². The van der Waals surface area contributed by atoms with Crippen molar-refractivity contribution in [3.05, 3.63) is 35.9 Å². The van der Waals surface area contributed by atoms with E-state index in [4.69, 9.17) is 4.74 Å². The van der Waals surface area contributed by atoms with Gasteiger partial charge in [0.25, 0.3) is 0 Å². The van der Waals surface area contributed by atoms with Crippen LogP contribution in [0.15, 0.2) is 30.3 Å². The predicted molar refractivity (Wildman–Crippen MR) is 98.7 cm³/mol. The van der Waals surface area contributed by atoms with E-state index < -0.39 is 10.0 Å². The summed E-state index contributed by atoms with van der Waals surface area (Å²) in [6, 6.07) is 9.80. The zero-order chi connectivity index (χ0) is 17.5. The normalized spacial score (nSPS) is 36.7. The van der Waals surface area contributed by atoms with Crippen LogP contribution in [0.3, 0.4) is 0 Å². The van der Waals surface area contributed by atoms with Crippen LogP contribution in [0.4, 0.5) is 0 Å². The Hall–Kier alpha value is -0.910. The fourth-order valence-electron chi connectivity index (χ4n) is 5.87. The predicted octanol–water partition coefficient (Wildman–Crippen LogP) is 2.99. The number of aryl methyl sites for hydroxylation is 1. The van der Waals surface area contributed by atoms with Crippen molar-refractivity contribution in [2.45, 2.75) is 44.1 Å². The van der Waals surface area contributed by atoms with Gasteiger partial charge in [-0.2, -0.15) is 0 Å². The highest BCUT2D eigenvalue weighted by Crippen LogP contribution is 2.59. The van der Waals surface area contributed by atoms with Crippen molar-refractivity contribution >= 4 is 10.0 Å². The molecule has 0 radical (unpaired) electrons. The third-order valence-corrected chi connectivity index (χ3v) is 8.30. The van der Waals surface area contributed by atoms with Gasteiger partial charge in [-0.3, -0.25) is 0 Å². The van der Waals surface area contributed by atoms with Crippen LogP contribution in [-0.2, 0) is 21.2 Å². The highest BCUT2D eigenvalue weighted by Gasteiger charge is 2.57. The van der Waals surface area contributed by atoms with Gasteiger partial charge in [-0.15, -0.1) is 0 Å². The fourth-order valence-corrected chi connectivity index (χ4v) is 6.96. The maximum Gasteiger partial charge on any atom is 0.212 e. The lowest BCUT2D eigenvalue weighted by Gasteiger charge is -2.60. The molecule has 0 atom stereocenters. The van der Waals surface area contributed by atoms with Gasteiger partial charge >= 0.3 is 0 Å². The molecule has 0 spiro atoms. The Kier molecular flexibility index (Phi) is 4.67. The van der Waals surface area contributed by atoms with Crippen molar-refractivity contribution in [3.8, 4) is 0 Å². The maximum atomic E-state index is 12.5. The lowest BCUT2D eigenvalue weighted by atomic mass is 9.50. The molecule has 1 N–H and O–H groups in total. The van der Waals surface area contributed by atoms with Gasteiger partial charge in [0.05, 0.1) is 11.4 Å². The number of hydrogen-bond donors (Lipinski definition) is 1. The van der Waals surface area contributed by atoms with E-state index >= 15 is 0 Å². The minimum atomic E-state index is -3.29. The van der Waals surface area contributed by atoms with Crippen molar-refractivity contribution in [1.82, 2.24) is 4.72 Å². The smallest absolute Gasteiger partial charge is 0.212 e. The maximum absolute atomic E-state index is 12.5. The van der Waals surface area contributed by atoms with Crippen molar-refractivity contribution in [1.29, 1.82) is 0 Å². The van der Waals surface area contributed by atoms with E-state index in [1.54, 1.807) is 7.11 Å². The van der Waals surface area contributed by atoms with E-state index in [2.05, 4.69) is 4.72 Å². The first kappa shape index (κ1) is 17.5. The molecule has 5 heteroatoms. The van der Waals surface area contributed by atoms with Gasteiger partial charge in [-0.1, -0.05) is 30.3 Å². The average Bonchev–Trinajstić information content (AvgIpc) is 2.61. The van der Waals surface area contributed by atoms with Crippen LogP contribution in [0.25, 0.3) is 0 Å². The largest absolute Gasteiger partial charge is 0.376 e. The summed E-state index contributed by atoms with van der Waals surface area (Å²) in [6.45, 7) is 0.440. The quantitative estimate of drug-likeness (QED) is 0.810. The summed E-state index contributed by atoms with van der Waals surface area (Å²) in [7, 11) is -1.51. The van der Waals surface area contributed by atoms with E-state index in [1.165, 1.54) is 32.1 Å². The summed E-state index contributed by atoms with van der Waals surface area (Å²) >= 11 is 0. The number of hydrogen-bond acceptors (Lipinski definition) is 3. The summed E-state index contributed by atoms with van der Waals surface area (Å²) in [5, 5.41) is 0. The summed E-state index contributed by atoms with van der Waals surface area (Å²) < 4.78 is 34.0. The first-order chi connectivity index (χ1) is 12.0. The van der Waals surface area contributed by atoms with Crippen LogP contribution in [-0.4, -0.2) is 33.4 Å². The Labute approximate surface area is 151 Å². The standard InChI is InChI=1S/C20H29NO3S/c1-24-20(18-10-16-9-17(12-18)13-19(20)11-16)14-21-25(22,23)8-7-15-5-3-2-4-6-15/h2-6,16-19,21H,7-14H2,1H3. The number of sulfonamides is 1. The van der Waals surface area contributed by atoms with Crippen LogP contribution in [0, 0.1) is 23.7 Å². The molecule has 5 rings (SSSR count). The van der Waals surface area contributed by atoms with E-state index in [-0.39, 0.29) is 11.4 Å². The van der Waals surface area contributed by atoms with Gasteiger partial charge in [0.1, 0.15) is 0 Å². The van der Waals surface area contributed by atoms with Gasteiger partial charge in [0, 0.05) is 13.7 Å². The Morgan fingerprint density at radius 3 is 2.20 bits per heavy atom. The van der Waals surface area contributed by atoms with Gasteiger partial charge in [-0.05, 0) is 67.8 Å². The van der Waals surface area contributed by atoms with Crippen molar-refractivity contribution in [3.63, 3.8) is 0 Å². The van der Waals surface area contributed by atoms with Crippen LogP contribution in [0.1, 0.15) is 37.7 Å². The van der Waals surface area contributed by atoms with Gasteiger partial charge in [0.15, 0.2) is 0 Å². The second kappa shape index (κ2) is 6.67. The van der Waals surface area contributed by atoms with Crippen LogP contribution in [0.2, 0.25) is 0 Å². The second-order valence-electron chi connectivity index (χ2n) is 8.34. The average molecular weight is 364 g/mol. The molecule has 4 bridgehead atoms. The molecule has 0 amide bonds. The van der Waals surface area contributed by atoms with E-state index in [0.29, 0.717) is 24.8 Å². The zero-order valence-corrected chi connectivity index (χ0v) is 15.8. The highest BCUT2D eigenvalue weighted by atomic mass is 32.2. The molecule has 138 valence electrons. The molecule has 0 aromatic heterocycles. The minimum absolute atomic E-state index is 0.136. The Morgan fingerprint density at radius 1 is 1.04 bits per heavy atom. The molecule has 4 saturated carbocycles. The van der Waals surface area contributed by atoms with E-state index in [0.717, 1.165) is 17.4 Å². The molecule has 1 aromatic carbocycles. The Bertz CT molecular complexity index is 673. The molecule has 4 fully saturated rings. The molecule has 4 aliphatic rings. The third-order valence-electron chi connectivity index (χ3n) is 6.97. The number of ether oxygens (including phenoxy) is 1. The second-order valence-corrected chi connectivity index (χ2v) is 10.3. The summed E-state index contributed by atoms with van der Waals surface area (Å²) in [6.07, 6.45) is 6.79. The Morgan fingerprint density at radius 2 is 1.64 bits per heavy atom. The molecule has 25 heavy (non-hydrogen) atoms. The minimum Gasteiger partial charge on any atom is -0.376 e. The fraction of sp³-hybridized carbons (Fsp3) is 0.700. The third kappa shape index (κ3) is 3.38. The number of methoxy groups -OCH3 is 1. The molecule has 0 unspecified atom stereocenters. The molecule has 0 saturated heterocycles. The summed E-state index contributed by atoms with van der Waals surface area (Å²) in [5.41, 5.74) is 0.775. The van der Waals surface area contributed by atoms with Crippen LogP contribution in [0.5, 0.6) is 0 Å². The molecule has 4 nitrogen and oxygen atoms in total. The van der Waals surface area contributed by atoms with E-state index in [1.807, 2.05) is 30.3 Å². The number of nitrogens with one attached hydrogen (secondary N) is 1. The monoisotopic (exact) mass is 363 g/mol. The van der Waals surface area contributed by atoms with Crippen LogP contribution >= 0.6 is 0 Å². The van der Waals surface area contributed by atoms with Gasteiger partial charge in [0.2, 0.25) is 10.0 Å².